The maximum absolute atomic E-state index is 13.0. The van der Waals surface area contributed by atoms with E-state index in [0.717, 1.165) is 0 Å². The van der Waals surface area contributed by atoms with Crippen molar-refractivity contribution < 1.29 is 9.18 Å². The molecule has 1 aromatic rings. The fourth-order valence-electron chi connectivity index (χ4n) is 1.32. The molecule has 1 atom stereocenters. The van der Waals surface area contributed by atoms with Crippen LogP contribution in [0.4, 0.5) is 4.39 Å². The Labute approximate surface area is 94.9 Å². The predicted octanol–water partition coefficient (Wildman–Crippen LogP) is 2.28. The molecule has 0 spiro atoms. The number of carbonyl (C=O) groups is 1. The average molecular weight is 219 g/mol. The van der Waals surface area contributed by atoms with E-state index >= 15 is 0 Å². The lowest BCUT2D eigenvalue weighted by Crippen LogP contribution is -2.32. The van der Waals surface area contributed by atoms with Crippen LogP contribution in [0.25, 0.3) is 0 Å². The van der Waals surface area contributed by atoms with Gasteiger partial charge in [-0.3, -0.25) is 4.79 Å². The molecule has 0 heterocycles. The molecule has 0 saturated heterocycles. The molecule has 0 fully saturated rings. The first kappa shape index (κ1) is 12.3. The molecule has 0 radical (unpaired) electrons. The smallest absolute Gasteiger partial charge is 0.251 e. The number of benzene rings is 1. The van der Waals surface area contributed by atoms with Crippen LogP contribution in [0, 0.1) is 25.1 Å². The van der Waals surface area contributed by atoms with E-state index in [9.17, 15) is 9.18 Å². The van der Waals surface area contributed by atoms with E-state index < -0.39 is 0 Å². The Morgan fingerprint density at radius 2 is 2.31 bits per heavy atom. The number of hydrogen-bond acceptors (Lipinski definition) is 1. The van der Waals surface area contributed by atoms with Gasteiger partial charge in [0.1, 0.15) is 5.82 Å². The van der Waals surface area contributed by atoms with E-state index in [0.29, 0.717) is 17.5 Å². The summed E-state index contributed by atoms with van der Waals surface area (Å²) in [6.45, 7) is 3.45. The maximum atomic E-state index is 13.0. The van der Waals surface area contributed by atoms with Gasteiger partial charge in [-0.25, -0.2) is 4.39 Å². The molecule has 84 valence electrons. The summed E-state index contributed by atoms with van der Waals surface area (Å²) < 4.78 is 13.0. The van der Waals surface area contributed by atoms with Crippen LogP contribution in [-0.2, 0) is 0 Å². The van der Waals surface area contributed by atoms with Gasteiger partial charge in [-0.15, -0.1) is 12.3 Å². The summed E-state index contributed by atoms with van der Waals surface area (Å²) in [6, 6.07) is 4.19. The zero-order valence-electron chi connectivity index (χ0n) is 9.38. The minimum absolute atomic E-state index is 0.0807. The number of hydrogen-bond donors (Lipinski definition) is 1. The van der Waals surface area contributed by atoms with Gasteiger partial charge in [0.25, 0.3) is 5.91 Å². The molecule has 1 aromatic carbocycles. The van der Waals surface area contributed by atoms with Crippen molar-refractivity contribution in [3.05, 3.63) is 35.1 Å². The van der Waals surface area contributed by atoms with Crippen LogP contribution >= 0.6 is 0 Å². The van der Waals surface area contributed by atoms with Gasteiger partial charge in [-0.1, -0.05) is 0 Å². The standard InChI is InChI=1S/C13H14FNO/c1-4-5-10(3)15-13(16)11-6-7-12(14)9(2)8-11/h1,6-8,10H,5H2,2-3H3,(H,15,16). The van der Waals surface area contributed by atoms with Crippen LogP contribution < -0.4 is 5.32 Å². The Bertz CT molecular complexity index is 434. The van der Waals surface area contributed by atoms with E-state index in [1.165, 1.54) is 18.2 Å². The molecule has 0 aliphatic carbocycles. The lowest BCUT2D eigenvalue weighted by Gasteiger charge is -2.11. The van der Waals surface area contributed by atoms with Gasteiger partial charge in [0.05, 0.1) is 0 Å². The molecule has 0 saturated carbocycles. The predicted molar refractivity (Wildman–Crippen MR) is 61.5 cm³/mol. The second-order valence-electron chi connectivity index (χ2n) is 3.75. The largest absolute Gasteiger partial charge is 0.349 e. The number of nitrogens with one attached hydrogen (secondary N) is 1. The molecule has 0 aliphatic heterocycles. The zero-order valence-corrected chi connectivity index (χ0v) is 9.38. The third-order valence-corrected chi connectivity index (χ3v) is 2.22. The van der Waals surface area contributed by atoms with Crippen molar-refractivity contribution in [3.8, 4) is 12.3 Å². The van der Waals surface area contributed by atoms with Gasteiger partial charge >= 0.3 is 0 Å². The SMILES string of the molecule is C#CCC(C)NC(=O)c1ccc(F)c(C)c1. The monoisotopic (exact) mass is 219 g/mol. The molecule has 0 aromatic heterocycles. The lowest BCUT2D eigenvalue weighted by molar-refractivity contribution is 0.0940. The first-order valence-corrected chi connectivity index (χ1v) is 5.05. The van der Waals surface area contributed by atoms with Crippen LogP contribution in [-0.4, -0.2) is 11.9 Å². The first-order chi connectivity index (χ1) is 7.54. The number of amides is 1. The molecule has 1 amide bonds. The van der Waals surface area contributed by atoms with Crippen molar-refractivity contribution >= 4 is 5.91 Å². The van der Waals surface area contributed by atoms with Gasteiger partial charge in [-0.05, 0) is 37.6 Å². The highest BCUT2D eigenvalue weighted by atomic mass is 19.1. The summed E-state index contributed by atoms with van der Waals surface area (Å²) in [5.41, 5.74) is 0.903. The van der Waals surface area contributed by atoms with Gasteiger partial charge in [0.2, 0.25) is 0 Å². The molecule has 0 aliphatic rings. The van der Waals surface area contributed by atoms with Crippen LogP contribution in [0.3, 0.4) is 0 Å². The van der Waals surface area contributed by atoms with Gasteiger partial charge in [0, 0.05) is 18.0 Å². The minimum Gasteiger partial charge on any atom is -0.349 e. The second kappa shape index (κ2) is 5.32. The summed E-state index contributed by atoms with van der Waals surface area (Å²) in [7, 11) is 0. The molecule has 3 heteroatoms. The Hall–Kier alpha value is -1.82. The maximum Gasteiger partial charge on any atom is 0.251 e. The highest BCUT2D eigenvalue weighted by molar-refractivity contribution is 5.94. The summed E-state index contributed by atoms with van der Waals surface area (Å²) >= 11 is 0. The third-order valence-electron chi connectivity index (χ3n) is 2.22. The van der Waals surface area contributed by atoms with Crippen molar-refractivity contribution in [2.24, 2.45) is 0 Å². The van der Waals surface area contributed by atoms with Gasteiger partial charge in [0.15, 0.2) is 0 Å². The van der Waals surface area contributed by atoms with Gasteiger partial charge < -0.3 is 5.32 Å². The van der Waals surface area contributed by atoms with Crippen molar-refractivity contribution in [3.63, 3.8) is 0 Å². The number of aryl methyl sites for hydroxylation is 1. The molecule has 0 bridgehead atoms. The Kier molecular flexibility index (Phi) is 4.07. The Balaban J connectivity index is 2.74. The van der Waals surface area contributed by atoms with E-state index in [1.54, 1.807) is 6.92 Å². The summed E-state index contributed by atoms with van der Waals surface area (Å²) in [5, 5.41) is 2.74. The molecule has 1 N–H and O–H groups in total. The quantitative estimate of drug-likeness (QED) is 0.776. The molecule has 1 rings (SSSR count). The highest BCUT2D eigenvalue weighted by Crippen LogP contribution is 2.09. The molecular formula is C13H14FNO. The van der Waals surface area contributed by atoms with E-state index in [2.05, 4.69) is 11.2 Å². The Morgan fingerprint density at radius 1 is 1.62 bits per heavy atom. The van der Waals surface area contributed by atoms with Crippen molar-refractivity contribution in [1.82, 2.24) is 5.32 Å². The van der Waals surface area contributed by atoms with Gasteiger partial charge in [-0.2, -0.15) is 0 Å². The van der Waals surface area contributed by atoms with Crippen LogP contribution in [0.1, 0.15) is 29.3 Å². The van der Waals surface area contributed by atoms with Crippen LogP contribution in [0.15, 0.2) is 18.2 Å². The summed E-state index contributed by atoms with van der Waals surface area (Å²) in [5.74, 6) is 1.93. The number of carbonyl (C=O) groups excluding carboxylic acids is 1. The summed E-state index contributed by atoms with van der Waals surface area (Å²) in [6.07, 6.45) is 5.62. The third kappa shape index (κ3) is 3.09. The first-order valence-electron chi connectivity index (χ1n) is 5.05. The number of terminal acetylenes is 1. The van der Waals surface area contributed by atoms with Crippen molar-refractivity contribution in [2.45, 2.75) is 26.3 Å². The summed E-state index contributed by atoms with van der Waals surface area (Å²) in [4.78, 5) is 11.7. The highest BCUT2D eigenvalue weighted by Gasteiger charge is 2.10. The normalized spacial score (nSPS) is 11.6. The number of rotatable bonds is 3. The van der Waals surface area contributed by atoms with Crippen molar-refractivity contribution in [1.29, 1.82) is 0 Å². The topological polar surface area (TPSA) is 29.1 Å². The fraction of sp³-hybridized carbons (Fsp3) is 0.308. The molecule has 16 heavy (non-hydrogen) atoms. The molecular weight excluding hydrogens is 205 g/mol. The minimum atomic E-state index is -0.312. The van der Waals surface area contributed by atoms with Crippen LogP contribution in [0.5, 0.6) is 0 Å². The van der Waals surface area contributed by atoms with E-state index in [4.69, 9.17) is 6.42 Å². The zero-order chi connectivity index (χ0) is 12.1. The van der Waals surface area contributed by atoms with E-state index in [-0.39, 0.29) is 17.8 Å². The van der Waals surface area contributed by atoms with Crippen molar-refractivity contribution in [2.75, 3.05) is 0 Å². The van der Waals surface area contributed by atoms with E-state index in [1.807, 2.05) is 6.92 Å². The number of halogens is 1. The van der Waals surface area contributed by atoms with Crippen LogP contribution in [0.2, 0.25) is 0 Å². The molecule has 2 nitrogen and oxygen atoms in total. The fourth-order valence-corrected chi connectivity index (χ4v) is 1.32. The molecule has 1 unspecified atom stereocenters. The lowest BCUT2D eigenvalue weighted by atomic mass is 10.1. The average Bonchev–Trinajstić information content (AvgIpc) is 2.22. The Morgan fingerprint density at radius 3 is 2.88 bits per heavy atom. The second-order valence-corrected chi connectivity index (χ2v) is 3.75.